The summed E-state index contributed by atoms with van der Waals surface area (Å²) in [5.41, 5.74) is 2.92. The van der Waals surface area contributed by atoms with Gasteiger partial charge in [-0.1, -0.05) is 121 Å². The molecular weight excluding hydrogens is 482 g/mol. The maximum Gasteiger partial charge on any atom is 0.0195 e. The highest BCUT2D eigenvalue weighted by atomic mass is 31.1. The van der Waals surface area contributed by atoms with Gasteiger partial charge >= 0.3 is 0 Å². The van der Waals surface area contributed by atoms with Gasteiger partial charge in [-0.05, 0) is 93.8 Å². The topological polar surface area (TPSA) is 0 Å². The Hall–Kier alpha value is -2.26. The molecule has 4 aromatic rings. The van der Waals surface area contributed by atoms with Crippen molar-refractivity contribution in [3.05, 3.63) is 183 Å². The monoisotopic (exact) mass is 510 g/mol. The predicted octanol–water partition coefficient (Wildman–Crippen LogP) is 7.11. The van der Waals surface area contributed by atoms with Crippen molar-refractivity contribution < 1.29 is 0 Å². The Morgan fingerprint density at radius 2 is 0.649 bits per heavy atom. The van der Waals surface area contributed by atoms with Crippen molar-refractivity contribution in [2.45, 2.75) is 6.42 Å². The molecule has 0 N–H and O–H groups in total. The van der Waals surface area contributed by atoms with E-state index in [1.54, 1.807) is 0 Å². The Kier molecular flexibility index (Phi) is 8.17. The molecule has 0 atom stereocenters. The second-order valence-electron chi connectivity index (χ2n) is 9.06. The van der Waals surface area contributed by atoms with Crippen LogP contribution in [-0.4, -0.2) is 0 Å². The molecule has 37 heavy (non-hydrogen) atoms. The van der Waals surface area contributed by atoms with Crippen LogP contribution < -0.4 is 21.2 Å². The minimum Gasteiger partial charge on any atom is -0.0622 e. The van der Waals surface area contributed by atoms with Gasteiger partial charge in [0, 0.05) is 11.3 Å². The minimum absolute atomic E-state index is 0.619. The molecule has 0 nitrogen and oxygen atoms in total. The Labute approximate surface area is 226 Å². The van der Waals surface area contributed by atoms with Crippen LogP contribution >= 0.6 is 15.8 Å². The fraction of sp³-hybridized carbons (Fsp3) is 0.0286. The van der Waals surface area contributed by atoms with Crippen molar-refractivity contribution in [1.82, 2.24) is 0 Å². The molecular formula is C35H28P2. The maximum atomic E-state index is 2.35. The van der Waals surface area contributed by atoms with Gasteiger partial charge in [0.1, 0.15) is 0 Å². The van der Waals surface area contributed by atoms with Crippen molar-refractivity contribution in [2.24, 2.45) is 0 Å². The minimum atomic E-state index is -0.619. The quantitative estimate of drug-likeness (QED) is 0.222. The second-order valence-corrected chi connectivity index (χ2v) is 13.4. The van der Waals surface area contributed by atoms with Crippen LogP contribution in [0.15, 0.2) is 121 Å². The standard InChI is InChI=1S/C35H28P2/c1-5-17-30(18-6-1)36(31-19-7-2-8-20-31)34-25-13-15-28(34)27-29-16-14-26-35(29)37(32-21-9-3-10-22-32)33-23-11-4-12-24-33/h1-26H,27H2. The first-order valence-corrected chi connectivity index (χ1v) is 15.4. The molecule has 0 spiro atoms. The van der Waals surface area contributed by atoms with E-state index in [-0.39, 0.29) is 0 Å². The van der Waals surface area contributed by atoms with Crippen molar-refractivity contribution in [3.63, 3.8) is 0 Å². The maximum absolute atomic E-state index is 2.35. The van der Waals surface area contributed by atoms with Crippen LogP contribution in [0.3, 0.4) is 0 Å². The number of hydrogen-bond donors (Lipinski definition) is 0. The van der Waals surface area contributed by atoms with Crippen LogP contribution in [-0.2, 0) is 0 Å². The normalized spacial score (nSPS) is 17.8. The zero-order valence-corrected chi connectivity index (χ0v) is 22.4. The smallest absolute Gasteiger partial charge is 0.0195 e. The largest absolute Gasteiger partial charge is 0.0622 e. The fourth-order valence-electron chi connectivity index (χ4n) is 5.00. The van der Waals surface area contributed by atoms with Gasteiger partial charge in [-0.2, -0.15) is 0 Å². The van der Waals surface area contributed by atoms with Crippen LogP contribution in [0.4, 0.5) is 0 Å². The molecule has 0 aromatic heterocycles. The first kappa shape index (κ1) is 25.0. The lowest BCUT2D eigenvalue weighted by atomic mass is 9.91. The van der Waals surface area contributed by atoms with Crippen LogP contribution in [0.1, 0.15) is 6.42 Å². The molecule has 2 aliphatic rings. The molecule has 0 unspecified atom stereocenters. The summed E-state index contributed by atoms with van der Waals surface area (Å²) in [6.07, 6.45) is 14.8. The Bertz CT molecular complexity index is 1050. The van der Waals surface area contributed by atoms with E-state index in [2.05, 4.69) is 160 Å². The van der Waals surface area contributed by atoms with Crippen LogP contribution in [0, 0.1) is 61.7 Å². The summed E-state index contributed by atoms with van der Waals surface area (Å²) in [7, 11) is -1.24. The zero-order valence-electron chi connectivity index (χ0n) is 20.6. The van der Waals surface area contributed by atoms with Crippen molar-refractivity contribution in [2.75, 3.05) is 0 Å². The van der Waals surface area contributed by atoms with E-state index in [0.717, 1.165) is 6.42 Å². The van der Waals surface area contributed by atoms with E-state index in [1.807, 2.05) is 0 Å². The molecule has 10 radical (unpaired) electrons. The molecule has 2 saturated carbocycles. The van der Waals surface area contributed by atoms with Crippen molar-refractivity contribution >= 4 is 37.1 Å². The molecule has 0 saturated heterocycles. The highest BCUT2D eigenvalue weighted by Crippen LogP contribution is 2.62. The summed E-state index contributed by atoms with van der Waals surface area (Å²) in [4.78, 5) is 0. The molecule has 0 aliphatic heterocycles. The highest BCUT2D eigenvalue weighted by Gasteiger charge is 2.43. The molecule has 178 valence electrons. The van der Waals surface area contributed by atoms with Crippen molar-refractivity contribution in [3.8, 4) is 0 Å². The lowest BCUT2D eigenvalue weighted by molar-refractivity contribution is 0.928. The van der Waals surface area contributed by atoms with Gasteiger partial charge in [0.25, 0.3) is 0 Å². The third-order valence-corrected chi connectivity index (χ3v) is 11.8. The van der Waals surface area contributed by atoms with E-state index >= 15 is 0 Å². The van der Waals surface area contributed by atoms with Gasteiger partial charge in [0.05, 0.1) is 0 Å². The number of rotatable bonds is 8. The molecule has 0 bridgehead atoms. The fourth-order valence-corrected chi connectivity index (χ4v) is 9.94. The van der Waals surface area contributed by atoms with Gasteiger partial charge in [-0.25, -0.2) is 0 Å². The SMILES string of the molecule is [CH]1[CH][C](C[C]2[CH][CH][CH][C]2P(c2ccccc2)c2ccccc2)[C](P(c2ccccc2)c2ccccc2)[CH]1. The zero-order chi connectivity index (χ0) is 24.9. The van der Waals surface area contributed by atoms with Gasteiger partial charge < -0.3 is 0 Å². The molecule has 0 heterocycles. The van der Waals surface area contributed by atoms with Gasteiger partial charge in [0.15, 0.2) is 0 Å². The van der Waals surface area contributed by atoms with E-state index in [4.69, 9.17) is 0 Å². The van der Waals surface area contributed by atoms with Gasteiger partial charge in [0.2, 0.25) is 0 Å². The highest BCUT2D eigenvalue weighted by molar-refractivity contribution is 7.76. The first-order chi connectivity index (χ1) is 18.4. The Morgan fingerprint density at radius 3 is 0.946 bits per heavy atom. The predicted molar refractivity (Wildman–Crippen MR) is 162 cm³/mol. The van der Waals surface area contributed by atoms with E-state index in [1.165, 1.54) is 44.4 Å². The van der Waals surface area contributed by atoms with Gasteiger partial charge in [-0.3, -0.25) is 0 Å². The molecule has 2 heteroatoms. The Balaban J connectivity index is 1.29. The number of hydrogen-bond acceptors (Lipinski definition) is 0. The van der Waals surface area contributed by atoms with Crippen LogP contribution in [0.25, 0.3) is 0 Å². The summed E-state index contributed by atoms with van der Waals surface area (Å²) in [5.74, 6) is 2.87. The summed E-state index contributed by atoms with van der Waals surface area (Å²) in [5, 5.41) is 5.59. The number of benzene rings is 4. The summed E-state index contributed by atoms with van der Waals surface area (Å²) >= 11 is 0. The lowest BCUT2D eigenvalue weighted by Gasteiger charge is -2.33. The molecule has 0 amide bonds. The van der Waals surface area contributed by atoms with E-state index < -0.39 is 15.8 Å². The average Bonchev–Trinajstić information content (AvgIpc) is 3.62. The van der Waals surface area contributed by atoms with E-state index in [0.29, 0.717) is 0 Å². The van der Waals surface area contributed by atoms with Gasteiger partial charge in [-0.15, -0.1) is 0 Å². The van der Waals surface area contributed by atoms with Crippen LogP contribution in [0.2, 0.25) is 0 Å². The third kappa shape index (κ3) is 5.62. The Morgan fingerprint density at radius 1 is 0.351 bits per heavy atom. The average molecular weight is 511 g/mol. The summed E-state index contributed by atoms with van der Waals surface area (Å²) in [6.45, 7) is 0. The van der Waals surface area contributed by atoms with E-state index in [9.17, 15) is 0 Å². The first-order valence-electron chi connectivity index (χ1n) is 12.7. The molecule has 4 aromatic carbocycles. The third-order valence-electron chi connectivity index (χ3n) is 6.68. The molecule has 6 rings (SSSR count). The summed E-state index contributed by atoms with van der Waals surface area (Å²) in [6, 6.07) is 44.0. The van der Waals surface area contributed by atoms with Crippen molar-refractivity contribution in [1.29, 1.82) is 0 Å². The second kappa shape index (κ2) is 12.1. The van der Waals surface area contributed by atoms with Crippen LogP contribution in [0.5, 0.6) is 0 Å². The molecule has 2 aliphatic carbocycles. The molecule has 2 fully saturated rings. The lowest BCUT2D eigenvalue weighted by Crippen LogP contribution is -2.22. The summed E-state index contributed by atoms with van der Waals surface area (Å²) < 4.78 is 0.